The molecule has 0 spiro atoms. The Labute approximate surface area is 175 Å². The van der Waals surface area contributed by atoms with Crippen molar-refractivity contribution in [2.75, 3.05) is 7.11 Å². The minimum atomic E-state index is -0.189. The van der Waals surface area contributed by atoms with E-state index in [1.54, 1.807) is 54.2 Å². The lowest BCUT2D eigenvalue weighted by atomic mass is 10.2. The summed E-state index contributed by atoms with van der Waals surface area (Å²) in [5.41, 5.74) is 1.90. The van der Waals surface area contributed by atoms with Crippen LogP contribution >= 0.6 is 15.9 Å². The van der Waals surface area contributed by atoms with Crippen LogP contribution in [0.3, 0.4) is 0 Å². The van der Waals surface area contributed by atoms with E-state index in [4.69, 9.17) is 9.72 Å². The van der Waals surface area contributed by atoms with Crippen molar-refractivity contribution >= 4 is 39.0 Å². The first kappa shape index (κ1) is 19.0. The first-order valence-electron chi connectivity index (χ1n) is 8.89. The van der Waals surface area contributed by atoms with Crippen molar-refractivity contribution in [2.45, 2.75) is 0 Å². The lowest BCUT2D eigenvalue weighted by molar-refractivity contribution is 0.412. The van der Waals surface area contributed by atoms with Crippen molar-refractivity contribution in [3.05, 3.63) is 92.9 Å². The zero-order valence-corrected chi connectivity index (χ0v) is 17.1. The van der Waals surface area contributed by atoms with Crippen LogP contribution in [0.2, 0.25) is 0 Å². The second-order valence-corrected chi connectivity index (χ2v) is 7.28. The van der Waals surface area contributed by atoms with Crippen LogP contribution in [0, 0.1) is 0 Å². The molecular weight excluding hydrogens is 432 g/mol. The zero-order chi connectivity index (χ0) is 20.4. The molecule has 1 aromatic heterocycles. The van der Waals surface area contributed by atoms with Gasteiger partial charge in [0, 0.05) is 4.47 Å². The highest BCUT2D eigenvalue weighted by Crippen LogP contribution is 2.25. The molecule has 6 heteroatoms. The number of hydrogen-bond donors (Lipinski definition) is 1. The van der Waals surface area contributed by atoms with E-state index in [-0.39, 0.29) is 11.3 Å². The van der Waals surface area contributed by atoms with E-state index in [9.17, 15) is 9.90 Å². The van der Waals surface area contributed by atoms with Gasteiger partial charge in [-0.1, -0.05) is 46.3 Å². The molecule has 1 N–H and O–H groups in total. The van der Waals surface area contributed by atoms with Gasteiger partial charge in [0.2, 0.25) is 0 Å². The van der Waals surface area contributed by atoms with E-state index < -0.39 is 0 Å². The Bertz CT molecular complexity index is 1280. The van der Waals surface area contributed by atoms with Gasteiger partial charge in [0.05, 0.1) is 23.7 Å². The summed E-state index contributed by atoms with van der Waals surface area (Å²) in [6.07, 6.45) is 3.62. The standard InChI is InChI=1S/C23H17BrN2O3/c1-29-21-5-3-2-4-20(21)26-22(13-8-15-6-10-17(27)11-7-15)25-19-12-9-16(24)14-18(19)23(26)28/h2-14,27H,1H3. The number of aromatic nitrogens is 2. The van der Waals surface area contributed by atoms with Crippen LogP contribution in [-0.2, 0) is 0 Å². The Kier molecular flexibility index (Phi) is 5.18. The van der Waals surface area contributed by atoms with Gasteiger partial charge < -0.3 is 9.84 Å². The third-order valence-corrected chi connectivity index (χ3v) is 4.99. The van der Waals surface area contributed by atoms with Gasteiger partial charge in [-0.25, -0.2) is 4.98 Å². The molecule has 0 amide bonds. The molecule has 0 radical (unpaired) electrons. The molecule has 0 aliphatic heterocycles. The molecule has 0 saturated heterocycles. The molecule has 4 aromatic rings. The molecule has 0 fully saturated rings. The SMILES string of the molecule is COc1ccccc1-n1c(C=Cc2ccc(O)cc2)nc2ccc(Br)cc2c1=O. The maximum absolute atomic E-state index is 13.4. The number of phenolic OH excluding ortho intramolecular Hbond substituents is 1. The summed E-state index contributed by atoms with van der Waals surface area (Å²) in [7, 11) is 1.57. The zero-order valence-electron chi connectivity index (χ0n) is 15.5. The lowest BCUT2D eigenvalue weighted by Crippen LogP contribution is -2.22. The summed E-state index contributed by atoms with van der Waals surface area (Å²) >= 11 is 3.43. The number of nitrogens with zero attached hydrogens (tertiary/aromatic N) is 2. The number of aromatic hydroxyl groups is 1. The molecule has 5 nitrogen and oxygen atoms in total. The van der Waals surface area contributed by atoms with Gasteiger partial charge in [-0.3, -0.25) is 9.36 Å². The highest BCUT2D eigenvalue weighted by atomic mass is 79.9. The molecule has 0 atom stereocenters. The lowest BCUT2D eigenvalue weighted by Gasteiger charge is -2.14. The summed E-state index contributed by atoms with van der Waals surface area (Å²) in [6, 6.07) is 19.6. The van der Waals surface area contributed by atoms with Crippen molar-refractivity contribution in [2.24, 2.45) is 0 Å². The monoisotopic (exact) mass is 448 g/mol. The first-order valence-corrected chi connectivity index (χ1v) is 9.69. The average Bonchev–Trinajstić information content (AvgIpc) is 2.74. The van der Waals surface area contributed by atoms with E-state index >= 15 is 0 Å². The van der Waals surface area contributed by atoms with Gasteiger partial charge in [-0.15, -0.1) is 0 Å². The number of para-hydroxylation sites is 2. The summed E-state index contributed by atoms with van der Waals surface area (Å²) in [6.45, 7) is 0. The van der Waals surface area contributed by atoms with Crippen LogP contribution in [0.5, 0.6) is 11.5 Å². The number of benzene rings is 3. The number of ether oxygens (including phenoxy) is 1. The molecule has 0 aliphatic rings. The summed E-state index contributed by atoms with van der Waals surface area (Å²) < 4.78 is 7.83. The van der Waals surface area contributed by atoms with Crippen LogP contribution in [0.25, 0.3) is 28.7 Å². The number of halogens is 1. The Morgan fingerprint density at radius 2 is 1.79 bits per heavy atom. The van der Waals surface area contributed by atoms with Gasteiger partial charge in [0.15, 0.2) is 0 Å². The normalized spacial score (nSPS) is 11.2. The molecule has 4 rings (SSSR count). The third kappa shape index (κ3) is 3.79. The number of fused-ring (bicyclic) bond motifs is 1. The maximum atomic E-state index is 13.4. The summed E-state index contributed by atoms with van der Waals surface area (Å²) in [5.74, 6) is 1.25. The van der Waals surface area contributed by atoms with E-state index in [2.05, 4.69) is 15.9 Å². The van der Waals surface area contributed by atoms with Crippen molar-refractivity contribution in [1.29, 1.82) is 0 Å². The molecule has 1 heterocycles. The van der Waals surface area contributed by atoms with Crippen LogP contribution in [0.1, 0.15) is 11.4 Å². The molecule has 3 aromatic carbocycles. The molecule has 29 heavy (non-hydrogen) atoms. The van der Waals surface area contributed by atoms with E-state index in [0.29, 0.717) is 28.2 Å². The molecule has 0 unspecified atom stereocenters. The van der Waals surface area contributed by atoms with Crippen molar-refractivity contribution < 1.29 is 9.84 Å². The molecule has 144 valence electrons. The highest BCUT2D eigenvalue weighted by molar-refractivity contribution is 9.10. The fourth-order valence-electron chi connectivity index (χ4n) is 3.09. The molecular formula is C23H17BrN2O3. The van der Waals surface area contributed by atoms with E-state index in [0.717, 1.165) is 10.0 Å². The molecule has 0 saturated carbocycles. The quantitative estimate of drug-likeness (QED) is 0.475. The summed E-state index contributed by atoms with van der Waals surface area (Å²) in [5, 5.41) is 9.98. The highest BCUT2D eigenvalue weighted by Gasteiger charge is 2.14. The summed E-state index contributed by atoms with van der Waals surface area (Å²) in [4.78, 5) is 18.1. The largest absolute Gasteiger partial charge is 0.508 e. The van der Waals surface area contributed by atoms with Crippen LogP contribution in [0.4, 0.5) is 0 Å². The Hall–Kier alpha value is -3.38. The van der Waals surface area contributed by atoms with E-state index in [1.165, 1.54) is 0 Å². The van der Waals surface area contributed by atoms with Gasteiger partial charge in [-0.05, 0) is 54.1 Å². The van der Waals surface area contributed by atoms with Gasteiger partial charge >= 0.3 is 0 Å². The molecule has 0 aliphatic carbocycles. The smallest absolute Gasteiger partial charge is 0.266 e. The molecule has 0 bridgehead atoms. The first-order chi connectivity index (χ1) is 14.1. The average molecular weight is 449 g/mol. The Balaban J connectivity index is 1.98. The minimum absolute atomic E-state index is 0.189. The topological polar surface area (TPSA) is 64.3 Å². The van der Waals surface area contributed by atoms with E-state index in [1.807, 2.05) is 36.4 Å². The van der Waals surface area contributed by atoms with Crippen molar-refractivity contribution in [3.63, 3.8) is 0 Å². The second-order valence-electron chi connectivity index (χ2n) is 6.37. The number of phenols is 1. The predicted octanol–water partition coefficient (Wildman–Crippen LogP) is 5.03. The fourth-order valence-corrected chi connectivity index (χ4v) is 3.45. The van der Waals surface area contributed by atoms with Gasteiger partial charge in [-0.2, -0.15) is 0 Å². The number of hydrogen-bond acceptors (Lipinski definition) is 4. The van der Waals surface area contributed by atoms with Crippen LogP contribution < -0.4 is 10.3 Å². The van der Waals surface area contributed by atoms with Crippen molar-refractivity contribution in [3.8, 4) is 17.2 Å². The number of rotatable bonds is 4. The van der Waals surface area contributed by atoms with Crippen molar-refractivity contribution in [1.82, 2.24) is 9.55 Å². The Morgan fingerprint density at radius 1 is 1.03 bits per heavy atom. The third-order valence-electron chi connectivity index (χ3n) is 4.50. The van der Waals surface area contributed by atoms with Gasteiger partial charge in [0.25, 0.3) is 5.56 Å². The number of methoxy groups -OCH3 is 1. The predicted molar refractivity (Wildman–Crippen MR) is 119 cm³/mol. The Morgan fingerprint density at radius 3 is 2.55 bits per heavy atom. The fraction of sp³-hybridized carbons (Fsp3) is 0.0435. The van der Waals surface area contributed by atoms with Gasteiger partial charge in [0.1, 0.15) is 17.3 Å². The minimum Gasteiger partial charge on any atom is -0.508 e. The van der Waals surface area contributed by atoms with Crippen LogP contribution in [-0.4, -0.2) is 21.8 Å². The second kappa shape index (κ2) is 7.93. The van der Waals surface area contributed by atoms with Crippen LogP contribution in [0.15, 0.2) is 76.0 Å². The maximum Gasteiger partial charge on any atom is 0.266 e.